The Bertz CT molecular complexity index is 907. The van der Waals surface area contributed by atoms with Crippen LogP contribution in [0.1, 0.15) is 11.1 Å². The molecule has 3 N–H and O–H groups in total. The maximum Gasteiger partial charge on any atom is 0.241 e. The smallest absolute Gasteiger partial charge is 0.241 e. The van der Waals surface area contributed by atoms with Crippen LogP contribution in [-0.4, -0.2) is 19.1 Å². The first kappa shape index (κ1) is 22.8. The molecule has 0 aliphatic carbocycles. The largest absolute Gasteiger partial charge is 0.495 e. The number of benzene rings is 3. The van der Waals surface area contributed by atoms with E-state index in [1.807, 2.05) is 66.7 Å². The van der Waals surface area contributed by atoms with Crippen molar-refractivity contribution in [3.63, 3.8) is 0 Å². The summed E-state index contributed by atoms with van der Waals surface area (Å²) in [5, 5.41) is 2.88. The van der Waals surface area contributed by atoms with Crippen LogP contribution in [0.3, 0.4) is 0 Å². The van der Waals surface area contributed by atoms with E-state index in [-0.39, 0.29) is 18.3 Å². The first-order valence-electron chi connectivity index (χ1n) is 9.11. The van der Waals surface area contributed by atoms with Gasteiger partial charge in [0.2, 0.25) is 5.91 Å². The van der Waals surface area contributed by atoms with Crippen LogP contribution in [-0.2, 0) is 17.0 Å². The van der Waals surface area contributed by atoms with Crippen molar-refractivity contribution in [2.45, 2.75) is 23.1 Å². The van der Waals surface area contributed by atoms with Gasteiger partial charge in [-0.15, -0.1) is 24.2 Å². The number of hydrogen-bond donors (Lipinski definition) is 2. The summed E-state index contributed by atoms with van der Waals surface area (Å²) in [4.78, 5) is 13.6. The summed E-state index contributed by atoms with van der Waals surface area (Å²) in [5.41, 5.74) is 8.99. The molecule has 4 nitrogen and oxygen atoms in total. The van der Waals surface area contributed by atoms with Crippen molar-refractivity contribution in [2.24, 2.45) is 5.73 Å². The van der Waals surface area contributed by atoms with Crippen LogP contribution in [0.15, 0.2) is 83.8 Å². The lowest BCUT2D eigenvalue weighted by molar-refractivity contribution is -0.117. The minimum absolute atomic E-state index is 0. The third-order valence-corrected chi connectivity index (χ3v) is 5.38. The first-order valence-corrected chi connectivity index (χ1v) is 10.1. The van der Waals surface area contributed by atoms with Gasteiger partial charge in [-0.05, 0) is 35.7 Å². The van der Waals surface area contributed by atoms with Gasteiger partial charge >= 0.3 is 0 Å². The number of amides is 1. The van der Waals surface area contributed by atoms with Crippen LogP contribution >= 0.6 is 24.2 Å². The molecule has 3 aromatic carbocycles. The van der Waals surface area contributed by atoms with E-state index in [4.69, 9.17) is 10.5 Å². The molecule has 0 aromatic heterocycles. The van der Waals surface area contributed by atoms with Gasteiger partial charge in [0.15, 0.2) is 0 Å². The van der Waals surface area contributed by atoms with Crippen molar-refractivity contribution in [1.29, 1.82) is 0 Å². The van der Waals surface area contributed by atoms with E-state index in [2.05, 4.69) is 17.4 Å². The Morgan fingerprint density at radius 1 is 1.00 bits per heavy atom. The van der Waals surface area contributed by atoms with E-state index >= 15 is 0 Å². The maximum atomic E-state index is 12.5. The minimum atomic E-state index is -0.626. The Morgan fingerprint density at radius 3 is 2.24 bits per heavy atom. The lowest BCUT2D eigenvalue weighted by Gasteiger charge is -2.15. The van der Waals surface area contributed by atoms with Crippen molar-refractivity contribution in [3.05, 3.63) is 90.0 Å². The van der Waals surface area contributed by atoms with Crippen molar-refractivity contribution >= 4 is 35.8 Å². The van der Waals surface area contributed by atoms with Crippen molar-refractivity contribution in [2.75, 3.05) is 12.4 Å². The van der Waals surface area contributed by atoms with Crippen LogP contribution in [0.5, 0.6) is 5.75 Å². The fourth-order valence-corrected chi connectivity index (χ4v) is 3.67. The molecule has 1 amide bonds. The normalized spacial score (nSPS) is 11.2. The zero-order valence-electron chi connectivity index (χ0n) is 16.2. The van der Waals surface area contributed by atoms with E-state index in [9.17, 15) is 4.79 Å². The van der Waals surface area contributed by atoms with Gasteiger partial charge in [-0.25, -0.2) is 0 Å². The van der Waals surface area contributed by atoms with Gasteiger partial charge in [0.05, 0.1) is 18.8 Å². The zero-order chi connectivity index (χ0) is 19.8. The summed E-state index contributed by atoms with van der Waals surface area (Å²) in [6.45, 7) is 0. The monoisotopic (exact) mass is 428 g/mol. The third kappa shape index (κ3) is 6.82. The van der Waals surface area contributed by atoms with Crippen LogP contribution in [0, 0.1) is 0 Å². The molecule has 152 valence electrons. The highest BCUT2D eigenvalue weighted by Crippen LogP contribution is 2.32. The summed E-state index contributed by atoms with van der Waals surface area (Å²) in [5.74, 6) is 1.27. The molecule has 0 saturated carbocycles. The van der Waals surface area contributed by atoms with Gasteiger partial charge in [0, 0.05) is 10.6 Å². The molecule has 0 spiro atoms. The number of nitrogens with two attached hydrogens (primary N) is 1. The molecule has 1 unspecified atom stereocenters. The van der Waals surface area contributed by atoms with E-state index in [0.29, 0.717) is 17.9 Å². The molecule has 0 aliphatic heterocycles. The molecule has 0 radical (unpaired) electrons. The molecular weight excluding hydrogens is 404 g/mol. The molecular formula is C23H25ClN2O2S. The van der Waals surface area contributed by atoms with Crippen LogP contribution in [0.2, 0.25) is 0 Å². The van der Waals surface area contributed by atoms with Crippen molar-refractivity contribution in [1.82, 2.24) is 0 Å². The number of halogens is 1. The first-order chi connectivity index (χ1) is 13.7. The number of carbonyl (C=O) groups is 1. The van der Waals surface area contributed by atoms with Gasteiger partial charge in [0.25, 0.3) is 0 Å². The van der Waals surface area contributed by atoms with Crippen LogP contribution in [0.4, 0.5) is 5.69 Å². The molecule has 0 bridgehead atoms. The summed E-state index contributed by atoms with van der Waals surface area (Å²) in [7, 11) is 1.60. The van der Waals surface area contributed by atoms with Crippen LogP contribution < -0.4 is 15.8 Å². The Morgan fingerprint density at radius 2 is 1.62 bits per heavy atom. The van der Waals surface area contributed by atoms with Gasteiger partial charge in [-0.3, -0.25) is 4.79 Å². The number of rotatable bonds is 8. The summed E-state index contributed by atoms with van der Waals surface area (Å²) >= 11 is 1.72. The molecule has 0 aliphatic rings. The SMILES string of the molecule is COc1cc(SCc2ccccc2)ccc1NC(=O)C(N)Cc1ccccc1.Cl. The summed E-state index contributed by atoms with van der Waals surface area (Å²) in [6, 6.07) is 25.2. The van der Waals surface area contributed by atoms with Gasteiger partial charge in [0.1, 0.15) is 5.75 Å². The van der Waals surface area contributed by atoms with Crippen molar-refractivity contribution in [3.8, 4) is 5.75 Å². The van der Waals surface area contributed by atoms with Crippen LogP contribution in [0.25, 0.3) is 0 Å². The third-order valence-electron chi connectivity index (χ3n) is 4.31. The van der Waals surface area contributed by atoms with E-state index in [0.717, 1.165) is 16.2 Å². The maximum absolute atomic E-state index is 12.5. The fourth-order valence-electron chi connectivity index (χ4n) is 2.79. The predicted octanol–water partition coefficient (Wildman–Crippen LogP) is 4.92. The number of ether oxygens (including phenoxy) is 1. The molecule has 1 atom stereocenters. The summed E-state index contributed by atoms with van der Waals surface area (Å²) in [6.07, 6.45) is 0.486. The highest BCUT2D eigenvalue weighted by atomic mass is 35.5. The second kappa shape index (κ2) is 11.5. The van der Waals surface area contributed by atoms with Gasteiger partial charge in [-0.2, -0.15) is 0 Å². The highest BCUT2D eigenvalue weighted by Gasteiger charge is 2.16. The minimum Gasteiger partial charge on any atom is -0.495 e. The molecule has 3 aromatic rings. The zero-order valence-corrected chi connectivity index (χ0v) is 17.8. The number of carbonyl (C=O) groups excluding carboxylic acids is 1. The molecule has 0 heterocycles. The van der Waals surface area contributed by atoms with E-state index in [1.165, 1.54) is 5.56 Å². The highest BCUT2D eigenvalue weighted by molar-refractivity contribution is 7.98. The number of methoxy groups -OCH3 is 1. The molecule has 29 heavy (non-hydrogen) atoms. The van der Waals surface area contributed by atoms with E-state index in [1.54, 1.807) is 18.9 Å². The number of nitrogens with one attached hydrogen (secondary N) is 1. The quantitative estimate of drug-likeness (QED) is 0.500. The lowest BCUT2D eigenvalue weighted by Crippen LogP contribution is -2.37. The Balaban J connectivity index is 0.00000300. The number of anilines is 1. The standard InChI is InChI=1S/C23H24N2O2S.ClH/c1-27-22-15-19(28-16-18-10-6-3-7-11-18)12-13-21(22)25-23(26)20(24)14-17-8-4-2-5-9-17;/h2-13,15,20H,14,16,24H2,1H3,(H,25,26);1H. The van der Waals surface area contributed by atoms with Gasteiger partial charge in [-0.1, -0.05) is 60.7 Å². The number of hydrogen-bond acceptors (Lipinski definition) is 4. The molecule has 3 rings (SSSR count). The average Bonchev–Trinajstić information content (AvgIpc) is 2.74. The fraction of sp³-hybridized carbons (Fsp3) is 0.174. The Hall–Kier alpha value is -2.47. The second-order valence-electron chi connectivity index (χ2n) is 6.42. The Labute approximate surface area is 182 Å². The molecule has 6 heteroatoms. The summed E-state index contributed by atoms with van der Waals surface area (Å²) < 4.78 is 5.47. The molecule has 0 fully saturated rings. The average molecular weight is 429 g/mol. The predicted molar refractivity (Wildman–Crippen MR) is 123 cm³/mol. The van der Waals surface area contributed by atoms with Gasteiger partial charge < -0.3 is 15.8 Å². The molecule has 0 saturated heterocycles. The van der Waals surface area contributed by atoms with E-state index < -0.39 is 6.04 Å². The lowest BCUT2D eigenvalue weighted by atomic mass is 10.1. The second-order valence-corrected chi connectivity index (χ2v) is 7.47. The Kier molecular flexibility index (Phi) is 9.06. The van der Waals surface area contributed by atoms with Crippen molar-refractivity contribution < 1.29 is 9.53 Å². The topological polar surface area (TPSA) is 64.3 Å². The number of thioether (sulfide) groups is 1.